The van der Waals surface area contributed by atoms with Gasteiger partial charge in [-0.15, -0.1) is 0 Å². The molecule has 0 aliphatic carbocycles. The number of nitrogens with one attached hydrogen (secondary N) is 1. The molecule has 0 aliphatic rings. The average molecular weight is 393 g/mol. The third-order valence-electron chi connectivity index (χ3n) is 4.38. The minimum Gasteiger partial charge on any atom is -0.612 e. The van der Waals surface area contributed by atoms with Gasteiger partial charge < -0.3 is 30.1 Å². The molecule has 0 aliphatic heterocycles. The summed E-state index contributed by atoms with van der Waals surface area (Å²) >= 11 is -1.30. The van der Waals surface area contributed by atoms with Crippen LogP contribution in [0.1, 0.15) is 24.5 Å². The van der Waals surface area contributed by atoms with Gasteiger partial charge >= 0.3 is 0 Å². The number of hydrogen-bond acceptors (Lipinski definition) is 6. The Morgan fingerprint density at radius 2 is 1.93 bits per heavy atom. The lowest BCUT2D eigenvalue weighted by Gasteiger charge is -2.19. The monoisotopic (exact) mass is 392 g/mol. The molecule has 0 bridgehead atoms. The van der Waals surface area contributed by atoms with Crippen molar-refractivity contribution in [1.82, 2.24) is 5.32 Å². The fourth-order valence-corrected chi connectivity index (χ4v) is 3.45. The van der Waals surface area contributed by atoms with Crippen LogP contribution in [0.25, 0.3) is 0 Å². The smallest absolute Gasteiger partial charge is 0.194 e. The quantitative estimate of drug-likeness (QED) is 0.366. The molecular formula is C20H28N2O4S. The number of benzene rings is 2. The van der Waals surface area contributed by atoms with Crippen LogP contribution < -0.4 is 10.2 Å². The summed E-state index contributed by atoms with van der Waals surface area (Å²) in [7, 11) is 1.99. The van der Waals surface area contributed by atoms with Crippen molar-refractivity contribution in [2.45, 2.75) is 23.8 Å². The van der Waals surface area contributed by atoms with Crippen molar-refractivity contribution in [3.63, 3.8) is 0 Å². The maximum atomic E-state index is 11.6. The Balaban J connectivity index is 1.68. The van der Waals surface area contributed by atoms with E-state index in [0.717, 1.165) is 31.6 Å². The minimum atomic E-state index is -1.30. The van der Waals surface area contributed by atoms with E-state index < -0.39 is 17.3 Å². The second kappa shape index (κ2) is 10.4. The van der Waals surface area contributed by atoms with Gasteiger partial charge in [-0.25, -0.2) is 0 Å². The number of nitrogens with zero attached hydrogens (tertiary/aromatic N) is 1. The molecule has 2 unspecified atom stereocenters. The average Bonchev–Trinajstić information content (AvgIpc) is 2.64. The van der Waals surface area contributed by atoms with E-state index in [4.69, 9.17) is 0 Å². The first-order chi connectivity index (χ1) is 12.9. The maximum absolute atomic E-state index is 11.6. The van der Waals surface area contributed by atoms with Crippen LogP contribution in [-0.4, -0.2) is 52.8 Å². The Labute approximate surface area is 163 Å². The van der Waals surface area contributed by atoms with Crippen molar-refractivity contribution < 1.29 is 19.9 Å². The first-order valence-corrected chi connectivity index (χ1v) is 10.5. The minimum absolute atomic E-state index is 0.0180. The van der Waals surface area contributed by atoms with Crippen molar-refractivity contribution in [2.75, 3.05) is 37.8 Å². The van der Waals surface area contributed by atoms with Crippen molar-refractivity contribution in [3.8, 4) is 11.5 Å². The summed E-state index contributed by atoms with van der Waals surface area (Å²) in [5.74, 6) is 0.245. The van der Waals surface area contributed by atoms with Gasteiger partial charge in [0.15, 0.2) is 10.6 Å². The normalized spacial score (nSPS) is 13.3. The number of rotatable bonds is 10. The summed E-state index contributed by atoms with van der Waals surface area (Å²) in [4.78, 5) is 2.43. The summed E-state index contributed by atoms with van der Waals surface area (Å²) in [6, 6.07) is 11.9. The fraction of sp³-hybridized carbons (Fsp3) is 0.400. The molecule has 27 heavy (non-hydrogen) atoms. The van der Waals surface area contributed by atoms with E-state index in [9.17, 15) is 19.9 Å². The molecule has 0 amide bonds. The lowest BCUT2D eigenvalue weighted by molar-refractivity contribution is 0.174. The summed E-state index contributed by atoms with van der Waals surface area (Å²) in [5.41, 5.74) is 1.61. The van der Waals surface area contributed by atoms with Crippen molar-refractivity contribution >= 4 is 16.9 Å². The van der Waals surface area contributed by atoms with Crippen LogP contribution in [0.3, 0.4) is 0 Å². The number of hydrogen-bond donors (Lipinski definition) is 4. The molecule has 0 aromatic heterocycles. The van der Waals surface area contributed by atoms with E-state index in [2.05, 4.69) is 10.2 Å². The zero-order valence-corrected chi connectivity index (χ0v) is 16.6. The summed E-state index contributed by atoms with van der Waals surface area (Å²) in [6.45, 7) is 2.04. The predicted molar refractivity (Wildman–Crippen MR) is 109 cm³/mol. The van der Waals surface area contributed by atoms with Crippen LogP contribution >= 0.6 is 0 Å². The second-order valence-corrected chi connectivity index (χ2v) is 7.90. The third kappa shape index (κ3) is 6.62. The predicted octanol–water partition coefficient (Wildman–Crippen LogP) is 2.37. The van der Waals surface area contributed by atoms with Crippen LogP contribution in [0.15, 0.2) is 47.4 Å². The number of aliphatic hydroxyl groups excluding tert-OH is 1. The van der Waals surface area contributed by atoms with Gasteiger partial charge in [-0.1, -0.05) is 12.1 Å². The van der Waals surface area contributed by atoms with Crippen LogP contribution in [0, 0.1) is 0 Å². The molecule has 0 saturated heterocycles. The van der Waals surface area contributed by atoms with Crippen LogP contribution in [0.5, 0.6) is 11.5 Å². The summed E-state index contributed by atoms with van der Waals surface area (Å²) in [5, 5.41) is 32.7. The molecule has 2 atom stereocenters. The number of unbranched alkanes of at least 4 members (excludes halogenated alkanes) is 1. The highest BCUT2D eigenvalue weighted by Crippen LogP contribution is 2.26. The van der Waals surface area contributed by atoms with Crippen molar-refractivity contribution in [2.24, 2.45) is 0 Å². The van der Waals surface area contributed by atoms with Crippen LogP contribution in [-0.2, 0) is 11.2 Å². The van der Waals surface area contributed by atoms with Gasteiger partial charge in [-0.3, -0.25) is 0 Å². The standard InChI is InChI=1S/C20H28N2O4S/c1-22(16-6-5-7-17(23)13-16)11-4-3-10-21-14-19(25)15-8-9-18(24)20(12-15)27(2)26/h5-9,12-13,19,21,23-25H,3-4,10-11,14H2,1-2H3. The van der Waals surface area contributed by atoms with Crippen LogP contribution in [0.4, 0.5) is 5.69 Å². The Kier molecular flexibility index (Phi) is 8.24. The van der Waals surface area contributed by atoms with Crippen molar-refractivity contribution in [1.29, 1.82) is 0 Å². The lowest BCUT2D eigenvalue weighted by atomic mass is 10.1. The Bertz CT molecular complexity index is 727. The molecule has 0 saturated carbocycles. The Hall–Kier alpha value is -1.93. The zero-order valence-electron chi connectivity index (χ0n) is 15.8. The molecule has 2 aromatic carbocycles. The van der Waals surface area contributed by atoms with Gasteiger partial charge in [0, 0.05) is 38.0 Å². The van der Waals surface area contributed by atoms with E-state index in [1.54, 1.807) is 24.3 Å². The molecule has 0 fully saturated rings. The van der Waals surface area contributed by atoms with E-state index in [1.807, 2.05) is 19.2 Å². The Morgan fingerprint density at radius 1 is 1.15 bits per heavy atom. The van der Waals surface area contributed by atoms with Gasteiger partial charge in [0.05, 0.1) is 6.10 Å². The molecule has 0 heterocycles. The topological polar surface area (TPSA) is 99.0 Å². The van der Waals surface area contributed by atoms with Gasteiger partial charge in [-0.2, -0.15) is 0 Å². The molecule has 0 radical (unpaired) electrons. The highest BCUT2D eigenvalue weighted by Gasteiger charge is 2.15. The maximum Gasteiger partial charge on any atom is 0.194 e. The van der Waals surface area contributed by atoms with E-state index in [1.165, 1.54) is 12.3 Å². The molecule has 2 rings (SSSR count). The number of aliphatic hydroxyl groups is 1. The molecule has 6 nitrogen and oxygen atoms in total. The molecular weight excluding hydrogens is 364 g/mol. The van der Waals surface area contributed by atoms with Gasteiger partial charge in [-0.05, 0) is 54.3 Å². The highest BCUT2D eigenvalue weighted by molar-refractivity contribution is 7.90. The van der Waals surface area contributed by atoms with E-state index in [0.29, 0.717) is 17.0 Å². The summed E-state index contributed by atoms with van der Waals surface area (Å²) < 4.78 is 11.6. The van der Waals surface area contributed by atoms with Crippen molar-refractivity contribution in [3.05, 3.63) is 48.0 Å². The largest absolute Gasteiger partial charge is 0.612 e. The SMILES string of the molecule is CN(CCCCNCC(O)c1ccc(O)c([S+](C)[O-])c1)c1cccc(O)c1. The fourth-order valence-electron chi connectivity index (χ4n) is 2.78. The first-order valence-electron chi connectivity index (χ1n) is 8.93. The van der Waals surface area contributed by atoms with E-state index in [-0.39, 0.29) is 11.5 Å². The zero-order chi connectivity index (χ0) is 19.8. The molecule has 7 heteroatoms. The van der Waals surface area contributed by atoms with Gasteiger partial charge in [0.1, 0.15) is 12.0 Å². The molecule has 148 valence electrons. The number of anilines is 1. The lowest BCUT2D eigenvalue weighted by Crippen LogP contribution is -2.24. The highest BCUT2D eigenvalue weighted by atomic mass is 32.2. The molecule has 4 N–H and O–H groups in total. The number of aromatic hydroxyl groups is 2. The number of phenolic OH excluding ortho intramolecular Hbond substituents is 2. The van der Waals surface area contributed by atoms with Gasteiger partial charge in [0.2, 0.25) is 0 Å². The third-order valence-corrected chi connectivity index (χ3v) is 5.33. The van der Waals surface area contributed by atoms with Crippen LogP contribution in [0.2, 0.25) is 0 Å². The Morgan fingerprint density at radius 3 is 2.63 bits per heavy atom. The first kappa shape index (κ1) is 21.4. The van der Waals surface area contributed by atoms with Gasteiger partial charge in [0.25, 0.3) is 0 Å². The van der Waals surface area contributed by atoms with E-state index >= 15 is 0 Å². The summed E-state index contributed by atoms with van der Waals surface area (Å²) in [6.07, 6.45) is 2.71. The molecule has 0 spiro atoms. The molecule has 2 aromatic rings. The second-order valence-electron chi connectivity index (χ2n) is 6.55. The number of phenols is 2.